The van der Waals surface area contributed by atoms with Gasteiger partial charge >= 0.3 is 5.37 Å². The predicted octanol–water partition coefficient (Wildman–Crippen LogP) is 1.74. The molecule has 1 rings (SSSR count). The van der Waals surface area contributed by atoms with Gasteiger partial charge < -0.3 is 0 Å². The van der Waals surface area contributed by atoms with Crippen LogP contribution in [0.5, 0.6) is 0 Å². The van der Waals surface area contributed by atoms with Gasteiger partial charge in [-0.05, 0) is 24.3 Å². The Bertz CT molecular complexity index is 468. The average molecular weight is 250 g/mol. The molecule has 0 saturated carbocycles. The van der Waals surface area contributed by atoms with Gasteiger partial charge in [-0.2, -0.15) is 0 Å². The van der Waals surface area contributed by atoms with Crippen LogP contribution in [-0.4, -0.2) is 18.7 Å². The van der Waals surface area contributed by atoms with E-state index in [2.05, 4.69) is 0 Å². The van der Waals surface area contributed by atoms with Crippen LogP contribution in [0.1, 0.15) is 6.92 Å². The number of hydrogen-bond acceptors (Lipinski definition) is 4. The molecule has 0 aliphatic rings. The zero-order valence-corrected chi connectivity index (χ0v) is 9.33. The van der Waals surface area contributed by atoms with E-state index >= 15 is 0 Å². The zero-order valence-electron chi connectivity index (χ0n) is 7.75. The van der Waals surface area contributed by atoms with Gasteiger partial charge in [0.05, 0.1) is 4.90 Å². The molecule has 0 aliphatic heterocycles. The second kappa shape index (κ2) is 4.16. The van der Waals surface area contributed by atoms with Gasteiger partial charge in [-0.3, -0.25) is 10.1 Å². The standard InChI is InChI=1S/C8H8ClNO4S/c1-6(10(11)12)15(13,14)8-4-2-7(9)3-5-8/h2-6H,1H3. The molecule has 0 aliphatic carbocycles. The normalized spacial score (nSPS) is 13.5. The Balaban J connectivity index is 3.17. The Morgan fingerprint density at radius 3 is 2.20 bits per heavy atom. The fourth-order valence-electron chi connectivity index (χ4n) is 0.935. The monoisotopic (exact) mass is 249 g/mol. The van der Waals surface area contributed by atoms with Crippen LogP contribution in [0.2, 0.25) is 5.02 Å². The van der Waals surface area contributed by atoms with Crippen molar-refractivity contribution in [3.63, 3.8) is 0 Å². The minimum Gasteiger partial charge on any atom is -0.263 e. The summed E-state index contributed by atoms with van der Waals surface area (Å²) in [6.07, 6.45) is 0. The maximum atomic E-state index is 11.6. The molecule has 0 spiro atoms. The number of halogens is 1. The number of hydrogen-bond donors (Lipinski definition) is 0. The van der Waals surface area contributed by atoms with Gasteiger partial charge in [-0.25, -0.2) is 8.42 Å². The van der Waals surface area contributed by atoms with E-state index in [-0.39, 0.29) is 4.90 Å². The third kappa shape index (κ3) is 2.45. The van der Waals surface area contributed by atoms with Crippen LogP contribution < -0.4 is 0 Å². The molecule has 1 aromatic rings. The van der Waals surface area contributed by atoms with Gasteiger partial charge in [0.15, 0.2) is 0 Å². The van der Waals surface area contributed by atoms with Crippen LogP contribution in [0.15, 0.2) is 29.2 Å². The lowest BCUT2D eigenvalue weighted by atomic mass is 10.4. The van der Waals surface area contributed by atoms with Gasteiger partial charge in [0.25, 0.3) is 0 Å². The molecule has 5 nitrogen and oxygen atoms in total. The highest BCUT2D eigenvalue weighted by Crippen LogP contribution is 2.18. The summed E-state index contributed by atoms with van der Waals surface area (Å²) in [6, 6.07) is 5.25. The smallest absolute Gasteiger partial charge is 0.263 e. The third-order valence-electron chi connectivity index (χ3n) is 1.89. The summed E-state index contributed by atoms with van der Waals surface area (Å²) >= 11 is 5.58. The number of sulfone groups is 1. The number of rotatable bonds is 3. The van der Waals surface area contributed by atoms with Crippen LogP contribution >= 0.6 is 11.6 Å². The lowest BCUT2D eigenvalue weighted by Gasteiger charge is -2.05. The predicted molar refractivity (Wildman–Crippen MR) is 55.1 cm³/mol. The van der Waals surface area contributed by atoms with Gasteiger partial charge in [-0.1, -0.05) is 11.6 Å². The Hall–Kier alpha value is -1.14. The quantitative estimate of drug-likeness (QED) is 0.604. The van der Waals surface area contributed by atoms with Gasteiger partial charge in [0.2, 0.25) is 9.84 Å². The van der Waals surface area contributed by atoms with Crippen LogP contribution in [0.25, 0.3) is 0 Å². The molecule has 1 aromatic carbocycles. The minimum atomic E-state index is -3.91. The van der Waals surface area contributed by atoms with Crippen molar-refractivity contribution >= 4 is 21.4 Å². The molecule has 0 N–H and O–H groups in total. The topological polar surface area (TPSA) is 77.3 Å². The SMILES string of the molecule is CC([N+](=O)[O-])S(=O)(=O)c1ccc(Cl)cc1. The molecule has 0 heterocycles. The molecule has 82 valence electrons. The van der Waals surface area contributed by atoms with Crippen LogP contribution in [0.4, 0.5) is 0 Å². The Kier molecular flexibility index (Phi) is 3.31. The summed E-state index contributed by atoms with van der Waals surface area (Å²) in [4.78, 5) is 9.44. The molecular weight excluding hydrogens is 242 g/mol. The highest BCUT2D eigenvalue weighted by molar-refractivity contribution is 7.91. The molecule has 0 radical (unpaired) electrons. The van der Waals surface area contributed by atoms with Crippen molar-refractivity contribution in [3.05, 3.63) is 39.4 Å². The fourth-order valence-corrected chi connectivity index (χ4v) is 2.20. The van der Waals surface area contributed by atoms with Gasteiger partial charge in [0.1, 0.15) is 0 Å². The van der Waals surface area contributed by atoms with Crippen molar-refractivity contribution in [2.75, 3.05) is 0 Å². The van der Waals surface area contributed by atoms with Crippen LogP contribution in [0.3, 0.4) is 0 Å². The molecule has 0 aromatic heterocycles. The van der Waals surface area contributed by atoms with E-state index in [1.165, 1.54) is 24.3 Å². The highest BCUT2D eigenvalue weighted by atomic mass is 35.5. The van der Waals surface area contributed by atoms with E-state index < -0.39 is 20.1 Å². The summed E-state index contributed by atoms with van der Waals surface area (Å²) < 4.78 is 23.2. The van der Waals surface area contributed by atoms with Crippen molar-refractivity contribution in [2.45, 2.75) is 17.2 Å². The van der Waals surface area contributed by atoms with Crippen LogP contribution in [0, 0.1) is 10.1 Å². The lowest BCUT2D eigenvalue weighted by molar-refractivity contribution is -0.493. The van der Waals surface area contributed by atoms with E-state index in [4.69, 9.17) is 11.6 Å². The number of nitrogens with zero attached hydrogens (tertiary/aromatic N) is 1. The maximum Gasteiger partial charge on any atom is 0.311 e. The Labute approximate surface area is 91.7 Å². The molecule has 0 bridgehead atoms. The molecule has 7 heteroatoms. The lowest BCUT2D eigenvalue weighted by Crippen LogP contribution is -2.26. The fraction of sp³-hybridized carbons (Fsp3) is 0.250. The molecule has 0 saturated heterocycles. The van der Waals surface area contributed by atoms with Crippen molar-refractivity contribution in [3.8, 4) is 0 Å². The summed E-state index contributed by atoms with van der Waals surface area (Å²) in [5, 5.41) is 9.11. The molecular formula is C8H8ClNO4S. The first kappa shape index (κ1) is 11.9. The van der Waals surface area contributed by atoms with E-state index in [0.29, 0.717) is 5.02 Å². The second-order valence-corrected chi connectivity index (χ2v) is 5.56. The zero-order chi connectivity index (χ0) is 11.6. The minimum absolute atomic E-state index is 0.101. The first-order valence-corrected chi connectivity index (χ1v) is 5.91. The number of nitro groups is 1. The van der Waals surface area contributed by atoms with Crippen LogP contribution in [-0.2, 0) is 9.84 Å². The van der Waals surface area contributed by atoms with E-state index in [1.54, 1.807) is 0 Å². The molecule has 0 amide bonds. The van der Waals surface area contributed by atoms with E-state index in [1.807, 2.05) is 0 Å². The first-order valence-electron chi connectivity index (χ1n) is 3.98. The van der Waals surface area contributed by atoms with Gasteiger partial charge in [-0.15, -0.1) is 0 Å². The van der Waals surface area contributed by atoms with Crippen molar-refractivity contribution in [1.82, 2.24) is 0 Å². The molecule has 15 heavy (non-hydrogen) atoms. The first-order chi connectivity index (χ1) is 6.85. The summed E-state index contributed by atoms with van der Waals surface area (Å²) in [5.41, 5.74) is 0. The summed E-state index contributed by atoms with van der Waals surface area (Å²) in [7, 11) is -3.91. The molecule has 1 unspecified atom stereocenters. The van der Waals surface area contributed by atoms with E-state index in [9.17, 15) is 18.5 Å². The van der Waals surface area contributed by atoms with Crippen molar-refractivity contribution in [2.24, 2.45) is 0 Å². The summed E-state index contributed by atoms with van der Waals surface area (Å²) in [5.74, 6) is 0. The Morgan fingerprint density at radius 2 is 1.80 bits per heavy atom. The average Bonchev–Trinajstić information content (AvgIpc) is 2.17. The van der Waals surface area contributed by atoms with Gasteiger partial charge in [0, 0.05) is 16.9 Å². The highest BCUT2D eigenvalue weighted by Gasteiger charge is 2.32. The van der Waals surface area contributed by atoms with E-state index in [0.717, 1.165) is 6.92 Å². The summed E-state index contributed by atoms with van der Waals surface area (Å²) in [6.45, 7) is 1.03. The third-order valence-corrected chi connectivity index (χ3v) is 4.14. The van der Waals surface area contributed by atoms with Crippen molar-refractivity contribution < 1.29 is 13.3 Å². The number of benzene rings is 1. The molecule has 0 fully saturated rings. The maximum absolute atomic E-state index is 11.6. The second-order valence-electron chi connectivity index (χ2n) is 2.88. The van der Waals surface area contributed by atoms with Crippen molar-refractivity contribution in [1.29, 1.82) is 0 Å². The Morgan fingerprint density at radius 1 is 1.33 bits per heavy atom. The largest absolute Gasteiger partial charge is 0.311 e. The molecule has 1 atom stereocenters.